The fourth-order valence-electron chi connectivity index (χ4n) is 2.77. The SMILES string of the molecule is Cc1ccc(C)c(C(C)(N)c2ccc(C(C)(C)C)cc2)c1. The van der Waals surface area contributed by atoms with Crippen LogP contribution in [0.2, 0.25) is 0 Å². The molecule has 1 nitrogen and oxygen atoms in total. The van der Waals surface area contributed by atoms with Crippen LogP contribution in [0.15, 0.2) is 42.5 Å². The summed E-state index contributed by atoms with van der Waals surface area (Å²) in [5.41, 5.74) is 12.6. The van der Waals surface area contributed by atoms with Crippen LogP contribution in [-0.4, -0.2) is 0 Å². The third-order valence-corrected chi connectivity index (χ3v) is 4.30. The van der Waals surface area contributed by atoms with Gasteiger partial charge < -0.3 is 5.73 Å². The predicted molar refractivity (Wildman–Crippen MR) is 91.7 cm³/mol. The second-order valence-corrected chi connectivity index (χ2v) is 7.35. The van der Waals surface area contributed by atoms with E-state index in [0.29, 0.717) is 0 Å². The van der Waals surface area contributed by atoms with Gasteiger partial charge in [0.25, 0.3) is 0 Å². The Labute approximate surface area is 129 Å². The Morgan fingerprint density at radius 2 is 1.29 bits per heavy atom. The molecule has 0 bridgehead atoms. The maximum atomic E-state index is 6.69. The van der Waals surface area contributed by atoms with E-state index in [0.717, 1.165) is 5.56 Å². The summed E-state index contributed by atoms with van der Waals surface area (Å²) in [4.78, 5) is 0. The highest BCUT2D eigenvalue weighted by Crippen LogP contribution is 2.31. The van der Waals surface area contributed by atoms with Crippen LogP contribution in [0.1, 0.15) is 55.5 Å². The molecule has 0 aliphatic carbocycles. The molecule has 0 amide bonds. The zero-order chi connectivity index (χ0) is 15.8. The Morgan fingerprint density at radius 3 is 1.81 bits per heavy atom. The molecule has 0 radical (unpaired) electrons. The second-order valence-electron chi connectivity index (χ2n) is 7.35. The second kappa shape index (κ2) is 5.31. The van der Waals surface area contributed by atoms with Crippen molar-refractivity contribution >= 4 is 0 Å². The molecule has 112 valence electrons. The van der Waals surface area contributed by atoms with Gasteiger partial charge in [0, 0.05) is 0 Å². The first-order valence-corrected chi connectivity index (χ1v) is 7.60. The summed E-state index contributed by atoms with van der Waals surface area (Å²) in [6.45, 7) is 13.0. The molecule has 1 unspecified atom stereocenters. The van der Waals surface area contributed by atoms with Gasteiger partial charge >= 0.3 is 0 Å². The lowest BCUT2D eigenvalue weighted by Crippen LogP contribution is -2.35. The lowest BCUT2D eigenvalue weighted by Gasteiger charge is -2.29. The van der Waals surface area contributed by atoms with Crippen LogP contribution >= 0.6 is 0 Å². The van der Waals surface area contributed by atoms with Crippen LogP contribution in [0.25, 0.3) is 0 Å². The Hall–Kier alpha value is -1.60. The number of aryl methyl sites for hydroxylation is 2. The van der Waals surface area contributed by atoms with Crippen molar-refractivity contribution in [2.45, 2.75) is 52.5 Å². The third-order valence-electron chi connectivity index (χ3n) is 4.30. The minimum Gasteiger partial charge on any atom is -0.318 e. The predicted octanol–water partition coefficient (Wildman–Crippen LogP) is 4.82. The summed E-state index contributed by atoms with van der Waals surface area (Å²) in [5, 5.41) is 0. The van der Waals surface area contributed by atoms with E-state index in [9.17, 15) is 0 Å². The highest BCUT2D eigenvalue weighted by molar-refractivity contribution is 5.44. The van der Waals surface area contributed by atoms with Gasteiger partial charge in [0.2, 0.25) is 0 Å². The Kier molecular flexibility index (Phi) is 3.99. The quantitative estimate of drug-likeness (QED) is 0.839. The molecule has 2 N–H and O–H groups in total. The van der Waals surface area contributed by atoms with E-state index in [1.807, 2.05) is 0 Å². The first-order valence-electron chi connectivity index (χ1n) is 7.60. The minimum atomic E-state index is -0.466. The zero-order valence-electron chi connectivity index (χ0n) is 14.1. The molecular formula is C20H27N. The summed E-state index contributed by atoms with van der Waals surface area (Å²) in [6.07, 6.45) is 0. The van der Waals surface area contributed by atoms with E-state index in [1.165, 1.54) is 22.3 Å². The van der Waals surface area contributed by atoms with Crippen LogP contribution < -0.4 is 5.73 Å². The van der Waals surface area contributed by atoms with E-state index in [4.69, 9.17) is 5.73 Å². The van der Waals surface area contributed by atoms with Crippen molar-refractivity contribution in [3.8, 4) is 0 Å². The maximum Gasteiger partial charge on any atom is 0.0639 e. The molecule has 2 rings (SSSR count). The molecule has 0 heterocycles. The van der Waals surface area contributed by atoms with Gasteiger partial charge in [0.05, 0.1) is 5.54 Å². The van der Waals surface area contributed by atoms with Gasteiger partial charge in [-0.3, -0.25) is 0 Å². The molecule has 0 aliphatic heterocycles. The Morgan fingerprint density at radius 1 is 0.762 bits per heavy atom. The van der Waals surface area contributed by atoms with Crippen molar-refractivity contribution in [2.75, 3.05) is 0 Å². The minimum absolute atomic E-state index is 0.169. The highest BCUT2D eigenvalue weighted by atomic mass is 14.7. The van der Waals surface area contributed by atoms with Crippen LogP contribution in [0.3, 0.4) is 0 Å². The van der Waals surface area contributed by atoms with E-state index < -0.39 is 5.54 Å². The number of rotatable bonds is 2. The topological polar surface area (TPSA) is 26.0 Å². The fourth-order valence-corrected chi connectivity index (χ4v) is 2.77. The Balaban J connectivity index is 2.46. The van der Waals surface area contributed by atoms with Crippen molar-refractivity contribution in [3.05, 3.63) is 70.3 Å². The largest absolute Gasteiger partial charge is 0.318 e. The van der Waals surface area contributed by atoms with E-state index in [1.54, 1.807) is 0 Å². The lowest BCUT2D eigenvalue weighted by atomic mass is 9.80. The highest BCUT2D eigenvalue weighted by Gasteiger charge is 2.26. The van der Waals surface area contributed by atoms with Crippen LogP contribution in [0, 0.1) is 13.8 Å². The summed E-state index contributed by atoms with van der Waals surface area (Å²) in [7, 11) is 0. The van der Waals surface area contributed by atoms with Crippen molar-refractivity contribution < 1.29 is 0 Å². The van der Waals surface area contributed by atoms with Crippen molar-refractivity contribution in [1.29, 1.82) is 0 Å². The molecule has 1 heteroatoms. The standard InChI is InChI=1S/C20H27N/c1-14-7-8-15(2)18(13-14)20(6,21)17-11-9-16(10-12-17)19(3,4)5/h7-13H,21H2,1-6H3. The van der Waals surface area contributed by atoms with Gasteiger partial charge in [-0.25, -0.2) is 0 Å². The Bertz CT molecular complexity index is 628. The van der Waals surface area contributed by atoms with Gasteiger partial charge in [0.1, 0.15) is 0 Å². The average Bonchev–Trinajstić information content (AvgIpc) is 2.40. The maximum absolute atomic E-state index is 6.69. The smallest absolute Gasteiger partial charge is 0.0639 e. The lowest BCUT2D eigenvalue weighted by molar-refractivity contribution is 0.580. The van der Waals surface area contributed by atoms with Crippen molar-refractivity contribution in [1.82, 2.24) is 0 Å². The van der Waals surface area contributed by atoms with Gasteiger partial charge in [-0.1, -0.05) is 68.8 Å². The zero-order valence-corrected chi connectivity index (χ0v) is 14.1. The van der Waals surface area contributed by atoms with Gasteiger partial charge in [0.15, 0.2) is 0 Å². The van der Waals surface area contributed by atoms with Gasteiger partial charge in [-0.2, -0.15) is 0 Å². The van der Waals surface area contributed by atoms with Crippen LogP contribution in [0.5, 0.6) is 0 Å². The normalized spacial score (nSPS) is 14.8. The number of benzene rings is 2. The van der Waals surface area contributed by atoms with E-state index >= 15 is 0 Å². The summed E-state index contributed by atoms with van der Waals surface area (Å²) in [5.74, 6) is 0. The molecule has 2 aromatic carbocycles. The molecule has 0 fully saturated rings. The van der Waals surface area contributed by atoms with Crippen molar-refractivity contribution in [2.24, 2.45) is 5.73 Å². The first kappa shape index (κ1) is 15.8. The molecule has 21 heavy (non-hydrogen) atoms. The molecule has 0 aromatic heterocycles. The van der Waals surface area contributed by atoms with Crippen molar-refractivity contribution in [3.63, 3.8) is 0 Å². The molecule has 0 aliphatic rings. The molecule has 0 spiro atoms. The van der Waals surface area contributed by atoms with E-state index in [2.05, 4.69) is 84.0 Å². The number of nitrogens with two attached hydrogens (primary N) is 1. The van der Waals surface area contributed by atoms with Crippen LogP contribution in [0.4, 0.5) is 0 Å². The molecular weight excluding hydrogens is 254 g/mol. The molecule has 2 aromatic rings. The molecule has 0 saturated heterocycles. The molecule has 0 saturated carbocycles. The fraction of sp³-hybridized carbons (Fsp3) is 0.400. The van der Waals surface area contributed by atoms with Crippen LogP contribution in [-0.2, 0) is 11.0 Å². The summed E-state index contributed by atoms with van der Waals surface area (Å²) >= 11 is 0. The third kappa shape index (κ3) is 3.19. The van der Waals surface area contributed by atoms with Gasteiger partial charge in [-0.15, -0.1) is 0 Å². The number of hydrogen-bond donors (Lipinski definition) is 1. The van der Waals surface area contributed by atoms with Gasteiger partial charge in [-0.05, 0) is 48.4 Å². The number of hydrogen-bond acceptors (Lipinski definition) is 1. The molecule has 1 atom stereocenters. The first-order chi connectivity index (χ1) is 9.62. The summed E-state index contributed by atoms with van der Waals surface area (Å²) in [6, 6.07) is 15.2. The summed E-state index contributed by atoms with van der Waals surface area (Å²) < 4.78 is 0. The van der Waals surface area contributed by atoms with E-state index in [-0.39, 0.29) is 5.41 Å². The average molecular weight is 281 g/mol. The monoisotopic (exact) mass is 281 g/mol.